The van der Waals surface area contributed by atoms with Crippen LogP contribution in [0.2, 0.25) is 0 Å². The molecule has 0 rings (SSSR count). The maximum Gasteiger partial charge on any atom is 0.330 e. The van der Waals surface area contributed by atoms with Crippen LogP contribution in [0.1, 0.15) is 19.3 Å². The minimum absolute atomic E-state index is 0.136. The van der Waals surface area contributed by atoms with Gasteiger partial charge in [0.2, 0.25) is 5.91 Å². The SMILES string of the molecule is C=C(CCCC(=C)C(=O)O)C(N)=O. The van der Waals surface area contributed by atoms with Crippen LogP contribution in [0.15, 0.2) is 24.3 Å². The Morgan fingerprint density at radius 1 is 1.15 bits per heavy atom. The second-order valence-electron chi connectivity index (χ2n) is 2.73. The number of nitrogens with two attached hydrogens (primary N) is 1. The van der Waals surface area contributed by atoms with Crippen molar-refractivity contribution in [1.29, 1.82) is 0 Å². The highest BCUT2D eigenvalue weighted by Crippen LogP contribution is 2.09. The zero-order valence-corrected chi connectivity index (χ0v) is 7.38. The Bertz CT molecular complexity index is 230. The Morgan fingerprint density at radius 2 is 1.62 bits per heavy atom. The van der Waals surface area contributed by atoms with Gasteiger partial charge in [-0.2, -0.15) is 0 Å². The van der Waals surface area contributed by atoms with Crippen molar-refractivity contribution < 1.29 is 14.7 Å². The number of hydrogen-bond acceptors (Lipinski definition) is 2. The molecule has 0 spiro atoms. The third kappa shape index (κ3) is 4.79. The third-order valence-corrected chi connectivity index (χ3v) is 1.61. The molecule has 3 N–H and O–H groups in total. The molecule has 0 aliphatic heterocycles. The zero-order chi connectivity index (χ0) is 10.4. The van der Waals surface area contributed by atoms with E-state index in [1.54, 1.807) is 0 Å². The summed E-state index contributed by atoms with van der Waals surface area (Å²) in [7, 11) is 0. The highest BCUT2D eigenvalue weighted by molar-refractivity contribution is 5.91. The van der Waals surface area contributed by atoms with Crippen molar-refractivity contribution in [3.8, 4) is 0 Å². The summed E-state index contributed by atoms with van der Waals surface area (Å²) < 4.78 is 0. The summed E-state index contributed by atoms with van der Waals surface area (Å²) in [6.07, 6.45) is 1.30. The van der Waals surface area contributed by atoms with E-state index in [4.69, 9.17) is 10.8 Å². The predicted molar refractivity (Wildman–Crippen MR) is 49.0 cm³/mol. The molecule has 72 valence electrons. The molecule has 0 aliphatic rings. The van der Waals surface area contributed by atoms with Crippen LogP contribution in [0.5, 0.6) is 0 Å². The smallest absolute Gasteiger partial charge is 0.330 e. The number of amides is 1. The van der Waals surface area contributed by atoms with Gasteiger partial charge < -0.3 is 10.8 Å². The van der Waals surface area contributed by atoms with Crippen LogP contribution in [-0.2, 0) is 9.59 Å². The van der Waals surface area contributed by atoms with Crippen molar-refractivity contribution in [1.82, 2.24) is 0 Å². The molecule has 0 unspecified atom stereocenters. The Kier molecular flexibility index (Phi) is 4.51. The molecule has 0 heterocycles. The van der Waals surface area contributed by atoms with Gasteiger partial charge in [0.05, 0.1) is 0 Å². The van der Waals surface area contributed by atoms with Crippen LogP contribution in [-0.4, -0.2) is 17.0 Å². The number of aliphatic carboxylic acids is 1. The molecule has 13 heavy (non-hydrogen) atoms. The molecule has 0 aliphatic carbocycles. The number of rotatable bonds is 6. The number of carbonyl (C=O) groups is 2. The number of primary amides is 1. The first kappa shape index (κ1) is 11.4. The van der Waals surface area contributed by atoms with E-state index >= 15 is 0 Å². The van der Waals surface area contributed by atoms with E-state index in [0.717, 1.165) is 0 Å². The van der Waals surface area contributed by atoms with Gasteiger partial charge in [0.1, 0.15) is 0 Å². The van der Waals surface area contributed by atoms with Crippen molar-refractivity contribution >= 4 is 11.9 Å². The highest BCUT2D eigenvalue weighted by atomic mass is 16.4. The summed E-state index contributed by atoms with van der Waals surface area (Å²) in [5, 5.41) is 8.44. The minimum Gasteiger partial charge on any atom is -0.478 e. The van der Waals surface area contributed by atoms with Gasteiger partial charge in [0.25, 0.3) is 0 Å². The van der Waals surface area contributed by atoms with Gasteiger partial charge >= 0.3 is 5.97 Å². The fraction of sp³-hybridized carbons (Fsp3) is 0.333. The average Bonchev–Trinajstić information content (AvgIpc) is 2.03. The fourth-order valence-electron chi connectivity index (χ4n) is 0.745. The molecule has 0 saturated carbocycles. The maximum absolute atomic E-state index is 10.5. The molecule has 0 fully saturated rings. The Labute approximate surface area is 76.7 Å². The van der Waals surface area contributed by atoms with Crippen molar-refractivity contribution in [2.24, 2.45) is 5.73 Å². The summed E-state index contributed by atoms with van der Waals surface area (Å²) in [5.74, 6) is -1.55. The quantitative estimate of drug-likeness (QED) is 0.599. The standard InChI is InChI=1S/C9H13NO3/c1-6(8(10)11)4-3-5-7(2)9(12)13/h1-5H2,(H2,10,11)(H,12,13). The van der Waals surface area contributed by atoms with Crippen molar-refractivity contribution in [2.75, 3.05) is 0 Å². The molecule has 0 aromatic carbocycles. The van der Waals surface area contributed by atoms with Crippen molar-refractivity contribution in [3.63, 3.8) is 0 Å². The van der Waals surface area contributed by atoms with Crippen LogP contribution < -0.4 is 5.73 Å². The summed E-state index contributed by atoms with van der Waals surface area (Å²) >= 11 is 0. The lowest BCUT2D eigenvalue weighted by Crippen LogP contribution is -2.13. The molecule has 0 radical (unpaired) electrons. The van der Waals surface area contributed by atoms with Crippen molar-refractivity contribution in [2.45, 2.75) is 19.3 Å². The number of hydrogen-bond donors (Lipinski definition) is 2. The fourth-order valence-corrected chi connectivity index (χ4v) is 0.745. The molecule has 4 nitrogen and oxygen atoms in total. The van der Waals surface area contributed by atoms with E-state index < -0.39 is 11.9 Å². The summed E-state index contributed by atoms with van der Waals surface area (Å²) in [6.45, 7) is 6.79. The third-order valence-electron chi connectivity index (χ3n) is 1.61. The van der Waals surface area contributed by atoms with E-state index in [2.05, 4.69) is 13.2 Å². The van der Waals surface area contributed by atoms with Gasteiger partial charge in [0.15, 0.2) is 0 Å². The largest absolute Gasteiger partial charge is 0.478 e. The van der Waals surface area contributed by atoms with Crippen LogP contribution in [0.3, 0.4) is 0 Å². The summed E-state index contributed by atoms with van der Waals surface area (Å²) in [4.78, 5) is 20.8. The lowest BCUT2D eigenvalue weighted by molar-refractivity contribution is -0.132. The first-order valence-electron chi connectivity index (χ1n) is 3.83. The summed E-state index contributed by atoms with van der Waals surface area (Å²) in [5.41, 5.74) is 5.39. The lowest BCUT2D eigenvalue weighted by Gasteiger charge is -2.01. The molecule has 1 amide bonds. The summed E-state index contributed by atoms with van der Waals surface area (Å²) in [6, 6.07) is 0. The zero-order valence-electron chi connectivity index (χ0n) is 7.38. The van der Waals surface area contributed by atoms with E-state index in [1.165, 1.54) is 0 Å². The van der Waals surface area contributed by atoms with Crippen molar-refractivity contribution in [3.05, 3.63) is 24.3 Å². The monoisotopic (exact) mass is 183 g/mol. The topological polar surface area (TPSA) is 80.4 Å². The Balaban J connectivity index is 3.69. The minimum atomic E-state index is -1.01. The van der Waals surface area contributed by atoms with Gasteiger partial charge in [-0.05, 0) is 19.3 Å². The predicted octanol–water partition coefficient (Wildman–Crippen LogP) is 0.839. The van der Waals surface area contributed by atoms with Gasteiger partial charge in [-0.25, -0.2) is 4.79 Å². The second kappa shape index (κ2) is 5.13. The molecule has 0 atom stereocenters. The maximum atomic E-state index is 10.5. The van der Waals surface area contributed by atoms with Crippen LogP contribution >= 0.6 is 0 Å². The molecule has 4 heteroatoms. The first-order chi connectivity index (χ1) is 5.95. The molecular weight excluding hydrogens is 170 g/mol. The van der Waals surface area contributed by atoms with Gasteiger partial charge in [-0.15, -0.1) is 0 Å². The normalized spacial score (nSPS) is 9.23. The van der Waals surface area contributed by atoms with E-state index in [9.17, 15) is 9.59 Å². The van der Waals surface area contributed by atoms with E-state index in [0.29, 0.717) is 24.8 Å². The molecular formula is C9H13NO3. The highest BCUT2D eigenvalue weighted by Gasteiger charge is 2.05. The molecule has 0 bridgehead atoms. The van der Waals surface area contributed by atoms with Crippen LogP contribution in [0, 0.1) is 0 Å². The Hall–Kier alpha value is -1.58. The number of carboxylic acids is 1. The van der Waals surface area contributed by atoms with Gasteiger partial charge in [0, 0.05) is 11.1 Å². The molecule has 0 aromatic heterocycles. The van der Waals surface area contributed by atoms with Crippen LogP contribution in [0.25, 0.3) is 0 Å². The number of carboxylic acid groups (broad SMARTS) is 1. The molecule has 0 saturated heterocycles. The molecule has 0 aromatic rings. The lowest BCUT2D eigenvalue weighted by atomic mass is 10.1. The van der Waals surface area contributed by atoms with E-state index in [-0.39, 0.29) is 5.57 Å². The van der Waals surface area contributed by atoms with Gasteiger partial charge in [-0.3, -0.25) is 4.79 Å². The number of carbonyl (C=O) groups excluding carboxylic acids is 1. The first-order valence-corrected chi connectivity index (χ1v) is 3.83. The second-order valence-corrected chi connectivity index (χ2v) is 2.73. The van der Waals surface area contributed by atoms with Crippen LogP contribution in [0.4, 0.5) is 0 Å². The Morgan fingerprint density at radius 3 is 2.00 bits per heavy atom. The van der Waals surface area contributed by atoms with Gasteiger partial charge in [-0.1, -0.05) is 13.2 Å². The van der Waals surface area contributed by atoms with E-state index in [1.807, 2.05) is 0 Å². The average molecular weight is 183 g/mol.